The zero-order valence-electron chi connectivity index (χ0n) is 12.3. The molecule has 0 aromatic rings. The molecular weight excluding hydrogens is 248 g/mol. The molecule has 2 saturated heterocycles. The van der Waals surface area contributed by atoms with E-state index in [9.17, 15) is 4.79 Å². The first kappa shape index (κ1) is 14.9. The van der Waals surface area contributed by atoms with Crippen LogP contribution < -0.4 is 0 Å². The summed E-state index contributed by atoms with van der Waals surface area (Å²) in [5.74, 6) is -1.04. The van der Waals surface area contributed by atoms with Crippen LogP contribution in [0.25, 0.3) is 0 Å². The molecule has 4 atom stereocenters. The lowest BCUT2D eigenvalue weighted by atomic mass is 9.94. The molecule has 0 unspecified atom stereocenters. The first-order valence-corrected chi connectivity index (χ1v) is 6.85. The van der Waals surface area contributed by atoms with Gasteiger partial charge in [-0.1, -0.05) is 6.92 Å². The van der Waals surface area contributed by atoms with Gasteiger partial charge in [0.05, 0.1) is 18.8 Å². The van der Waals surface area contributed by atoms with Crippen molar-refractivity contribution >= 4 is 6.29 Å². The minimum atomic E-state index is -0.698. The second-order valence-corrected chi connectivity index (χ2v) is 6.36. The smallest absolute Gasteiger partial charge is 0.164 e. The Labute approximate surface area is 114 Å². The summed E-state index contributed by atoms with van der Waals surface area (Å²) in [7, 11) is 0. The van der Waals surface area contributed by atoms with Crippen LogP contribution in [0.3, 0.4) is 0 Å². The predicted molar refractivity (Wildman–Crippen MR) is 68.6 cm³/mol. The van der Waals surface area contributed by atoms with Crippen molar-refractivity contribution in [3.8, 4) is 0 Å². The summed E-state index contributed by atoms with van der Waals surface area (Å²) in [5.41, 5.74) is 0. The summed E-state index contributed by atoms with van der Waals surface area (Å²) in [6.45, 7) is 10.1. The van der Waals surface area contributed by atoms with Gasteiger partial charge in [0.25, 0.3) is 0 Å². The zero-order valence-corrected chi connectivity index (χ0v) is 12.3. The molecule has 0 N–H and O–H groups in total. The van der Waals surface area contributed by atoms with Crippen LogP contribution in [0.15, 0.2) is 0 Å². The van der Waals surface area contributed by atoms with Crippen molar-refractivity contribution in [2.75, 3.05) is 6.61 Å². The van der Waals surface area contributed by atoms with E-state index in [-0.39, 0.29) is 18.1 Å². The highest BCUT2D eigenvalue weighted by atomic mass is 16.8. The molecule has 2 heterocycles. The normalized spacial score (nSPS) is 38.3. The molecule has 2 rings (SSSR count). The first-order valence-electron chi connectivity index (χ1n) is 6.85. The van der Waals surface area contributed by atoms with Gasteiger partial charge in [-0.25, -0.2) is 0 Å². The van der Waals surface area contributed by atoms with Crippen molar-refractivity contribution < 1.29 is 23.7 Å². The van der Waals surface area contributed by atoms with Crippen molar-refractivity contribution in [3.63, 3.8) is 0 Å². The highest BCUT2D eigenvalue weighted by Gasteiger charge is 2.45. The van der Waals surface area contributed by atoms with E-state index in [1.54, 1.807) is 0 Å². The minimum absolute atomic E-state index is 0.0459. The molecule has 0 saturated carbocycles. The fourth-order valence-electron chi connectivity index (χ4n) is 2.79. The van der Waals surface area contributed by atoms with Crippen LogP contribution in [0.5, 0.6) is 0 Å². The Morgan fingerprint density at radius 3 is 2.37 bits per heavy atom. The lowest BCUT2D eigenvalue weighted by molar-refractivity contribution is -0.156. The van der Waals surface area contributed by atoms with Crippen LogP contribution >= 0.6 is 0 Å². The van der Waals surface area contributed by atoms with Crippen molar-refractivity contribution in [3.05, 3.63) is 0 Å². The standard InChI is InChI=1S/C14H24O5/c1-9(6-10-8-16-13(2,3)17-10)12-11(7-15)18-14(4,5)19-12/h7,9-12H,6,8H2,1-5H3/t9-,10-,11+,12+/m1/s1. The van der Waals surface area contributed by atoms with Crippen LogP contribution in [-0.4, -0.2) is 42.8 Å². The fraction of sp³-hybridized carbons (Fsp3) is 0.929. The van der Waals surface area contributed by atoms with E-state index in [4.69, 9.17) is 18.9 Å². The number of aldehydes is 1. The van der Waals surface area contributed by atoms with Crippen LogP contribution in [0.4, 0.5) is 0 Å². The van der Waals surface area contributed by atoms with Crippen molar-refractivity contribution in [2.45, 2.75) is 70.9 Å². The Kier molecular flexibility index (Phi) is 4.02. The molecule has 0 aromatic carbocycles. The van der Waals surface area contributed by atoms with Gasteiger partial charge in [-0.2, -0.15) is 0 Å². The van der Waals surface area contributed by atoms with Crippen LogP contribution in [0.2, 0.25) is 0 Å². The Hall–Kier alpha value is -0.490. The third-order valence-electron chi connectivity index (χ3n) is 3.56. The molecule has 0 spiro atoms. The molecule has 0 amide bonds. The third kappa shape index (κ3) is 3.54. The van der Waals surface area contributed by atoms with Gasteiger partial charge in [0.2, 0.25) is 0 Å². The number of hydrogen-bond donors (Lipinski definition) is 0. The van der Waals surface area contributed by atoms with Crippen molar-refractivity contribution in [2.24, 2.45) is 5.92 Å². The number of rotatable bonds is 4. The summed E-state index contributed by atoms with van der Waals surface area (Å²) in [6.07, 6.45) is 0.939. The van der Waals surface area contributed by atoms with Gasteiger partial charge < -0.3 is 23.7 Å². The summed E-state index contributed by atoms with van der Waals surface area (Å²) in [6, 6.07) is 0. The van der Waals surface area contributed by atoms with E-state index in [1.807, 2.05) is 27.7 Å². The molecule has 0 aromatic heterocycles. The molecular formula is C14H24O5. The lowest BCUT2D eigenvalue weighted by Crippen LogP contribution is -2.33. The quantitative estimate of drug-likeness (QED) is 0.731. The highest BCUT2D eigenvalue weighted by molar-refractivity contribution is 5.57. The molecule has 5 heteroatoms. The summed E-state index contributed by atoms with van der Waals surface area (Å²) >= 11 is 0. The molecule has 19 heavy (non-hydrogen) atoms. The molecule has 2 aliphatic rings. The maximum atomic E-state index is 11.1. The van der Waals surface area contributed by atoms with Crippen LogP contribution in [0.1, 0.15) is 41.0 Å². The van der Waals surface area contributed by atoms with E-state index in [0.717, 1.165) is 12.7 Å². The summed E-state index contributed by atoms with van der Waals surface area (Å²) in [5, 5.41) is 0. The molecule has 0 radical (unpaired) electrons. The van der Waals surface area contributed by atoms with E-state index >= 15 is 0 Å². The molecule has 2 aliphatic heterocycles. The largest absolute Gasteiger partial charge is 0.348 e. The number of hydrogen-bond acceptors (Lipinski definition) is 5. The number of carbonyl (C=O) groups excluding carboxylic acids is 1. The van der Waals surface area contributed by atoms with Gasteiger partial charge >= 0.3 is 0 Å². The third-order valence-corrected chi connectivity index (χ3v) is 3.56. The van der Waals surface area contributed by atoms with E-state index < -0.39 is 17.7 Å². The highest BCUT2D eigenvalue weighted by Crippen LogP contribution is 2.35. The molecule has 0 aliphatic carbocycles. The average Bonchev–Trinajstić information content (AvgIpc) is 2.78. The zero-order chi connectivity index (χ0) is 14.3. The number of carbonyl (C=O) groups is 1. The van der Waals surface area contributed by atoms with Crippen LogP contribution in [-0.2, 0) is 23.7 Å². The van der Waals surface area contributed by atoms with Crippen LogP contribution in [0, 0.1) is 5.92 Å². The maximum Gasteiger partial charge on any atom is 0.164 e. The Balaban J connectivity index is 1.93. The van der Waals surface area contributed by atoms with E-state index in [1.165, 1.54) is 0 Å². The second kappa shape index (κ2) is 5.13. The topological polar surface area (TPSA) is 54.0 Å². The molecule has 0 bridgehead atoms. The minimum Gasteiger partial charge on any atom is -0.348 e. The maximum absolute atomic E-state index is 11.1. The lowest BCUT2D eigenvalue weighted by Gasteiger charge is -2.24. The molecule has 5 nitrogen and oxygen atoms in total. The Morgan fingerprint density at radius 1 is 1.16 bits per heavy atom. The summed E-state index contributed by atoms with van der Waals surface area (Å²) < 4.78 is 22.7. The monoisotopic (exact) mass is 272 g/mol. The van der Waals surface area contributed by atoms with Gasteiger partial charge in [0, 0.05) is 0 Å². The first-order chi connectivity index (χ1) is 8.72. The van der Waals surface area contributed by atoms with Crippen molar-refractivity contribution in [1.82, 2.24) is 0 Å². The van der Waals surface area contributed by atoms with Crippen molar-refractivity contribution in [1.29, 1.82) is 0 Å². The van der Waals surface area contributed by atoms with Gasteiger partial charge in [0.1, 0.15) is 6.10 Å². The molecule has 2 fully saturated rings. The van der Waals surface area contributed by atoms with Gasteiger partial charge in [0.15, 0.2) is 17.9 Å². The fourth-order valence-corrected chi connectivity index (χ4v) is 2.79. The second-order valence-electron chi connectivity index (χ2n) is 6.36. The van der Waals surface area contributed by atoms with Gasteiger partial charge in [-0.3, -0.25) is 0 Å². The van der Waals surface area contributed by atoms with Gasteiger partial charge in [-0.15, -0.1) is 0 Å². The predicted octanol–water partition coefficient (Wildman–Crippen LogP) is 1.88. The summed E-state index contributed by atoms with van der Waals surface area (Å²) in [4.78, 5) is 11.1. The molecule has 110 valence electrons. The van der Waals surface area contributed by atoms with E-state index in [0.29, 0.717) is 6.61 Å². The van der Waals surface area contributed by atoms with Gasteiger partial charge in [-0.05, 0) is 40.0 Å². The Morgan fingerprint density at radius 2 is 1.84 bits per heavy atom. The number of ether oxygens (including phenoxy) is 4. The average molecular weight is 272 g/mol. The SMILES string of the molecule is C[C@H](C[C@@H]1COC(C)(C)O1)[C@@H]1OC(C)(C)O[C@H]1C=O. The Bertz CT molecular complexity index is 339. The van der Waals surface area contributed by atoms with E-state index in [2.05, 4.69) is 6.92 Å².